The van der Waals surface area contributed by atoms with Crippen molar-refractivity contribution in [1.29, 1.82) is 0 Å². The van der Waals surface area contributed by atoms with Crippen molar-refractivity contribution in [3.05, 3.63) is 28.8 Å². The lowest BCUT2D eigenvalue weighted by Crippen LogP contribution is -2.36. The molecule has 0 unspecified atom stereocenters. The standard InChI is InChI=1S/C16H27ClN2/c1-5-14(6-2)19(10-12(3)4)11-13-7-8-16(18)15(17)9-13/h7-9,12,14H,5-6,10-11,18H2,1-4H3. The second kappa shape index (κ2) is 7.76. The van der Waals surface area contributed by atoms with E-state index in [1.807, 2.05) is 12.1 Å². The molecule has 108 valence electrons. The maximum absolute atomic E-state index is 6.11. The van der Waals surface area contributed by atoms with Gasteiger partial charge in [0.25, 0.3) is 0 Å². The number of nitrogens with zero attached hydrogens (tertiary/aromatic N) is 1. The molecule has 0 saturated carbocycles. The molecule has 0 saturated heterocycles. The van der Waals surface area contributed by atoms with E-state index in [2.05, 4.69) is 38.7 Å². The number of hydrogen-bond acceptors (Lipinski definition) is 2. The van der Waals surface area contributed by atoms with Crippen molar-refractivity contribution in [3.8, 4) is 0 Å². The average Bonchev–Trinajstić information content (AvgIpc) is 2.34. The fourth-order valence-corrected chi connectivity index (χ4v) is 2.72. The molecule has 0 aromatic heterocycles. The van der Waals surface area contributed by atoms with Gasteiger partial charge < -0.3 is 5.73 Å². The van der Waals surface area contributed by atoms with Crippen molar-refractivity contribution in [2.24, 2.45) is 5.92 Å². The Hall–Kier alpha value is -0.730. The van der Waals surface area contributed by atoms with Crippen LogP contribution >= 0.6 is 11.6 Å². The van der Waals surface area contributed by atoms with Crippen LogP contribution in [0.3, 0.4) is 0 Å². The number of hydrogen-bond donors (Lipinski definition) is 1. The Kier molecular flexibility index (Phi) is 6.67. The summed E-state index contributed by atoms with van der Waals surface area (Å²) in [5.74, 6) is 0.671. The fourth-order valence-electron chi connectivity index (χ4n) is 2.52. The molecule has 0 fully saturated rings. The summed E-state index contributed by atoms with van der Waals surface area (Å²) in [4.78, 5) is 2.56. The third kappa shape index (κ3) is 5.04. The van der Waals surface area contributed by atoms with Gasteiger partial charge in [-0.05, 0) is 36.5 Å². The minimum Gasteiger partial charge on any atom is -0.398 e. The second-order valence-electron chi connectivity index (χ2n) is 5.65. The molecule has 0 amide bonds. The van der Waals surface area contributed by atoms with Gasteiger partial charge in [-0.2, -0.15) is 0 Å². The zero-order valence-corrected chi connectivity index (χ0v) is 13.4. The minimum absolute atomic E-state index is 0.638. The topological polar surface area (TPSA) is 29.3 Å². The van der Waals surface area contributed by atoms with Crippen molar-refractivity contribution in [1.82, 2.24) is 4.90 Å². The predicted octanol–water partition coefficient (Wildman–Crippen LogP) is 4.57. The van der Waals surface area contributed by atoms with Crippen molar-refractivity contribution in [2.75, 3.05) is 12.3 Å². The molecule has 0 atom stereocenters. The van der Waals surface area contributed by atoms with Gasteiger partial charge in [-0.15, -0.1) is 0 Å². The van der Waals surface area contributed by atoms with Crippen LogP contribution in [0.25, 0.3) is 0 Å². The summed E-state index contributed by atoms with van der Waals surface area (Å²) in [5, 5.41) is 0.659. The molecule has 0 heterocycles. The molecule has 3 heteroatoms. The van der Waals surface area contributed by atoms with Crippen LogP contribution in [0.5, 0.6) is 0 Å². The first kappa shape index (κ1) is 16.3. The molecule has 0 aliphatic carbocycles. The third-order valence-corrected chi connectivity index (χ3v) is 3.84. The number of benzene rings is 1. The van der Waals surface area contributed by atoms with E-state index >= 15 is 0 Å². The van der Waals surface area contributed by atoms with Gasteiger partial charge in [0.15, 0.2) is 0 Å². The first-order chi connectivity index (χ1) is 8.97. The van der Waals surface area contributed by atoms with E-state index in [1.54, 1.807) is 0 Å². The van der Waals surface area contributed by atoms with Gasteiger partial charge in [0.05, 0.1) is 10.7 Å². The van der Waals surface area contributed by atoms with Gasteiger partial charge >= 0.3 is 0 Å². The highest BCUT2D eigenvalue weighted by molar-refractivity contribution is 6.33. The van der Waals surface area contributed by atoms with Crippen LogP contribution in [0.2, 0.25) is 5.02 Å². The highest BCUT2D eigenvalue weighted by Crippen LogP contribution is 2.22. The van der Waals surface area contributed by atoms with Gasteiger partial charge in [0.2, 0.25) is 0 Å². The lowest BCUT2D eigenvalue weighted by molar-refractivity contribution is 0.157. The molecular weight excluding hydrogens is 256 g/mol. The monoisotopic (exact) mass is 282 g/mol. The summed E-state index contributed by atoms with van der Waals surface area (Å²) < 4.78 is 0. The summed E-state index contributed by atoms with van der Waals surface area (Å²) in [5.41, 5.74) is 7.67. The van der Waals surface area contributed by atoms with Crippen LogP contribution < -0.4 is 5.73 Å². The van der Waals surface area contributed by atoms with Gasteiger partial charge in [-0.3, -0.25) is 4.90 Å². The molecule has 0 bridgehead atoms. The summed E-state index contributed by atoms with van der Waals surface area (Å²) in [6.07, 6.45) is 2.37. The maximum Gasteiger partial charge on any atom is 0.0638 e. The molecule has 1 aromatic rings. The number of anilines is 1. The maximum atomic E-state index is 6.11. The zero-order chi connectivity index (χ0) is 14.4. The van der Waals surface area contributed by atoms with Crippen molar-refractivity contribution in [2.45, 2.75) is 53.1 Å². The minimum atomic E-state index is 0.638. The van der Waals surface area contributed by atoms with E-state index < -0.39 is 0 Å². The molecule has 2 N–H and O–H groups in total. The average molecular weight is 283 g/mol. The molecule has 1 aromatic carbocycles. The Morgan fingerprint density at radius 2 is 1.84 bits per heavy atom. The zero-order valence-electron chi connectivity index (χ0n) is 12.6. The number of nitrogens with two attached hydrogens (primary N) is 1. The van der Waals surface area contributed by atoms with E-state index in [9.17, 15) is 0 Å². The van der Waals surface area contributed by atoms with Gasteiger partial charge in [-0.1, -0.05) is 45.4 Å². The molecule has 0 aliphatic heterocycles. The summed E-state index contributed by atoms with van der Waals surface area (Å²) in [6, 6.07) is 6.61. The quantitative estimate of drug-likeness (QED) is 0.742. The van der Waals surface area contributed by atoms with Crippen LogP contribution in [0, 0.1) is 5.92 Å². The molecule has 2 nitrogen and oxygen atoms in total. The normalized spacial score (nSPS) is 11.8. The third-order valence-electron chi connectivity index (χ3n) is 3.51. The van der Waals surface area contributed by atoms with E-state index in [0.717, 1.165) is 13.1 Å². The number of rotatable bonds is 7. The highest BCUT2D eigenvalue weighted by atomic mass is 35.5. The van der Waals surface area contributed by atoms with E-state index in [0.29, 0.717) is 22.7 Å². The van der Waals surface area contributed by atoms with Crippen molar-refractivity contribution < 1.29 is 0 Å². The summed E-state index contributed by atoms with van der Waals surface area (Å²) in [7, 11) is 0. The Morgan fingerprint density at radius 3 is 2.32 bits per heavy atom. The largest absolute Gasteiger partial charge is 0.398 e. The Balaban J connectivity index is 2.83. The number of nitrogen functional groups attached to an aromatic ring is 1. The first-order valence-electron chi connectivity index (χ1n) is 7.25. The van der Waals surface area contributed by atoms with Crippen LogP contribution in [0.4, 0.5) is 5.69 Å². The van der Waals surface area contributed by atoms with E-state index in [4.69, 9.17) is 17.3 Å². The smallest absolute Gasteiger partial charge is 0.0638 e. The van der Waals surface area contributed by atoms with Crippen LogP contribution in [-0.4, -0.2) is 17.5 Å². The molecule has 0 radical (unpaired) electrons. The van der Waals surface area contributed by atoms with E-state index in [-0.39, 0.29) is 0 Å². The Bertz CT molecular complexity index is 386. The lowest BCUT2D eigenvalue weighted by Gasteiger charge is -2.32. The SMILES string of the molecule is CCC(CC)N(Cc1ccc(N)c(Cl)c1)CC(C)C. The molecule has 19 heavy (non-hydrogen) atoms. The Labute approximate surface area is 122 Å². The second-order valence-corrected chi connectivity index (χ2v) is 6.06. The molecule has 0 spiro atoms. The van der Waals surface area contributed by atoms with Crippen LogP contribution in [0.15, 0.2) is 18.2 Å². The summed E-state index contributed by atoms with van der Waals surface area (Å²) >= 11 is 6.11. The lowest BCUT2D eigenvalue weighted by atomic mass is 10.1. The van der Waals surface area contributed by atoms with Crippen LogP contribution in [0.1, 0.15) is 46.1 Å². The first-order valence-corrected chi connectivity index (χ1v) is 7.63. The summed E-state index contributed by atoms with van der Waals surface area (Å²) in [6.45, 7) is 11.1. The molecular formula is C16H27ClN2. The van der Waals surface area contributed by atoms with Crippen molar-refractivity contribution in [3.63, 3.8) is 0 Å². The van der Waals surface area contributed by atoms with E-state index in [1.165, 1.54) is 18.4 Å². The molecule has 0 aliphatic rings. The van der Waals surface area contributed by atoms with Gasteiger partial charge in [0.1, 0.15) is 0 Å². The Morgan fingerprint density at radius 1 is 1.21 bits per heavy atom. The van der Waals surface area contributed by atoms with Gasteiger partial charge in [0, 0.05) is 19.1 Å². The number of halogens is 1. The highest BCUT2D eigenvalue weighted by Gasteiger charge is 2.16. The van der Waals surface area contributed by atoms with Crippen molar-refractivity contribution >= 4 is 17.3 Å². The predicted molar refractivity (Wildman–Crippen MR) is 85.5 cm³/mol. The fraction of sp³-hybridized carbons (Fsp3) is 0.625. The molecule has 1 rings (SSSR count). The van der Waals surface area contributed by atoms with Crippen LogP contribution in [-0.2, 0) is 6.54 Å². The van der Waals surface area contributed by atoms with Gasteiger partial charge in [-0.25, -0.2) is 0 Å².